The van der Waals surface area contributed by atoms with Gasteiger partial charge in [0.1, 0.15) is 0 Å². The van der Waals surface area contributed by atoms with E-state index in [2.05, 4.69) is 62.9 Å². The largest absolute Gasteiger partial charge is 0.368 e. The van der Waals surface area contributed by atoms with Crippen LogP contribution in [0.15, 0.2) is 24.3 Å². The second kappa shape index (κ2) is 7.97. The topological polar surface area (TPSA) is 74.4 Å². The van der Waals surface area contributed by atoms with E-state index in [1.165, 1.54) is 11.1 Å². The van der Waals surface area contributed by atoms with E-state index in [1.54, 1.807) is 0 Å². The molecule has 0 radical (unpaired) electrons. The van der Waals surface area contributed by atoms with Gasteiger partial charge in [-0.3, -0.25) is 9.80 Å². The number of nitrogen functional groups attached to an aromatic ring is 1. The van der Waals surface area contributed by atoms with Crippen LogP contribution < -0.4 is 10.6 Å². The molecule has 1 aliphatic rings. The molecule has 0 bridgehead atoms. The van der Waals surface area contributed by atoms with Gasteiger partial charge < -0.3 is 10.6 Å². The summed E-state index contributed by atoms with van der Waals surface area (Å²) in [6.45, 7) is 9.37. The first-order valence-corrected chi connectivity index (χ1v) is 9.13. The van der Waals surface area contributed by atoms with Crippen molar-refractivity contribution in [2.45, 2.75) is 26.4 Å². The van der Waals surface area contributed by atoms with E-state index in [0.717, 1.165) is 38.5 Å². The Balaban J connectivity index is 1.61. The fraction of sp³-hybridized carbons (Fsp3) is 0.526. The minimum atomic E-state index is 0.125. The number of aromatic nitrogens is 3. The zero-order chi connectivity index (χ0) is 18.7. The van der Waals surface area contributed by atoms with Gasteiger partial charge in [0.15, 0.2) is 5.82 Å². The summed E-state index contributed by atoms with van der Waals surface area (Å²) in [4.78, 5) is 19.9. The van der Waals surface area contributed by atoms with E-state index >= 15 is 0 Å². The van der Waals surface area contributed by atoms with Crippen LogP contribution in [0.3, 0.4) is 0 Å². The van der Waals surface area contributed by atoms with Crippen LogP contribution in [0, 0.1) is 6.92 Å². The van der Waals surface area contributed by atoms with E-state index in [4.69, 9.17) is 5.73 Å². The van der Waals surface area contributed by atoms with Crippen molar-refractivity contribution in [3.05, 3.63) is 41.2 Å². The Hall–Kier alpha value is -2.25. The van der Waals surface area contributed by atoms with Gasteiger partial charge in [-0.2, -0.15) is 15.0 Å². The molecule has 0 spiro atoms. The minimum Gasteiger partial charge on any atom is -0.368 e. The molecule has 1 aromatic carbocycles. The smallest absolute Gasteiger partial charge is 0.229 e. The molecule has 2 N–H and O–H groups in total. The number of benzene rings is 1. The zero-order valence-corrected chi connectivity index (χ0v) is 16.2. The van der Waals surface area contributed by atoms with Crippen molar-refractivity contribution in [2.24, 2.45) is 0 Å². The molecule has 1 fully saturated rings. The van der Waals surface area contributed by atoms with Gasteiger partial charge in [0, 0.05) is 46.8 Å². The summed E-state index contributed by atoms with van der Waals surface area (Å²) in [5, 5.41) is 0. The molecule has 1 saturated heterocycles. The third-order valence-electron chi connectivity index (χ3n) is 4.88. The van der Waals surface area contributed by atoms with Crippen LogP contribution in [0.1, 0.15) is 29.9 Å². The molecular weight excluding hydrogens is 326 g/mol. The molecule has 1 aromatic heterocycles. The number of nitrogens with two attached hydrogens (primary N) is 1. The van der Waals surface area contributed by atoms with Gasteiger partial charge >= 0.3 is 0 Å². The second-order valence-corrected chi connectivity index (χ2v) is 7.22. The number of nitrogens with zero attached hydrogens (tertiary/aromatic N) is 6. The molecule has 7 heteroatoms. The molecule has 7 nitrogen and oxygen atoms in total. The molecule has 0 saturated carbocycles. The third kappa shape index (κ3) is 4.47. The second-order valence-electron chi connectivity index (χ2n) is 7.22. The number of hydrogen-bond donors (Lipinski definition) is 1. The molecule has 26 heavy (non-hydrogen) atoms. The van der Waals surface area contributed by atoms with E-state index in [-0.39, 0.29) is 12.0 Å². The molecule has 2 heterocycles. The van der Waals surface area contributed by atoms with Crippen molar-refractivity contribution in [1.29, 1.82) is 0 Å². The van der Waals surface area contributed by atoms with Crippen LogP contribution in [0.2, 0.25) is 0 Å². The fourth-order valence-corrected chi connectivity index (χ4v) is 3.32. The van der Waals surface area contributed by atoms with Crippen LogP contribution in [0.5, 0.6) is 0 Å². The van der Waals surface area contributed by atoms with Crippen LogP contribution in [0.4, 0.5) is 11.9 Å². The molecule has 0 unspecified atom stereocenters. The average Bonchev–Trinajstić information content (AvgIpc) is 2.61. The van der Waals surface area contributed by atoms with Crippen molar-refractivity contribution in [2.75, 3.05) is 50.9 Å². The fourth-order valence-electron chi connectivity index (χ4n) is 3.32. The van der Waals surface area contributed by atoms with E-state index in [1.807, 2.05) is 19.0 Å². The molecule has 140 valence electrons. The predicted octanol–water partition coefficient (Wildman–Crippen LogP) is 1.71. The third-order valence-corrected chi connectivity index (χ3v) is 4.88. The molecule has 0 amide bonds. The Morgan fingerprint density at radius 1 is 1.12 bits per heavy atom. The van der Waals surface area contributed by atoms with Gasteiger partial charge in [-0.1, -0.05) is 29.8 Å². The molecule has 1 atom stereocenters. The summed E-state index contributed by atoms with van der Waals surface area (Å²) in [6.07, 6.45) is 0. The molecular formula is C19H29N7. The summed E-state index contributed by atoms with van der Waals surface area (Å²) in [6, 6.07) is 8.88. The number of hydrogen-bond acceptors (Lipinski definition) is 7. The highest BCUT2D eigenvalue weighted by Gasteiger charge is 2.24. The highest BCUT2D eigenvalue weighted by atomic mass is 15.3. The number of rotatable bonds is 5. The van der Waals surface area contributed by atoms with Gasteiger partial charge in [-0.15, -0.1) is 0 Å². The maximum atomic E-state index is 5.87. The standard InChI is InChI=1S/C19H29N7/c1-14-6-5-7-16(12-14)13-25-8-10-26(11-9-25)15(2)17-21-18(20)23-19(22-17)24(3)4/h5-7,12,15H,8-11,13H2,1-4H3,(H2,20,21,22,23)/t15-/m0/s1. The van der Waals surface area contributed by atoms with Crippen molar-refractivity contribution < 1.29 is 0 Å². The van der Waals surface area contributed by atoms with Gasteiger partial charge in [0.2, 0.25) is 11.9 Å². The van der Waals surface area contributed by atoms with Crippen molar-refractivity contribution >= 4 is 11.9 Å². The van der Waals surface area contributed by atoms with E-state index in [9.17, 15) is 0 Å². The van der Waals surface area contributed by atoms with Crippen LogP contribution >= 0.6 is 0 Å². The molecule has 3 rings (SSSR count). The Bertz CT molecular complexity index is 738. The molecule has 1 aliphatic heterocycles. The SMILES string of the molecule is Cc1cccc(CN2CCN([C@@H](C)c3nc(N)nc(N(C)C)n3)CC2)c1. The Labute approximate surface area is 155 Å². The summed E-state index contributed by atoms with van der Waals surface area (Å²) in [5.74, 6) is 1.63. The van der Waals surface area contributed by atoms with Gasteiger partial charge in [0.05, 0.1) is 6.04 Å². The lowest BCUT2D eigenvalue weighted by atomic mass is 10.1. The zero-order valence-electron chi connectivity index (χ0n) is 16.2. The first-order valence-electron chi connectivity index (χ1n) is 9.13. The van der Waals surface area contributed by atoms with Crippen LogP contribution in [0.25, 0.3) is 0 Å². The number of aryl methyl sites for hydroxylation is 1. The van der Waals surface area contributed by atoms with Gasteiger partial charge in [-0.05, 0) is 19.4 Å². The first kappa shape index (κ1) is 18.5. The monoisotopic (exact) mass is 355 g/mol. The van der Waals surface area contributed by atoms with Gasteiger partial charge in [-0.25, -0.2) is 0 Å². The minimum absolute atomic E-state index is 0.125. The van der Waals surface area contributed by atoms with Crippen LogP contribution in [-0.2, 0) is 6.54 Å². The number of piperazine rings is 1. The summed E-state index contributed by atoms with van der Waals surface area (Å²) < 4.78 is 0. The lowest BCUT2D eigenvalue weighted by molar-refractivity contribution is 0.0948. The Morgan fingerprint density at radius 3 is 2.50 bits per heavy atom. The lowest BCUT2D eigenvalue weighted by Gasteiger charge is -2.37. The predicted molar refractivity (Wildman–Crippen MR) is 105 cm³/mol. The highest BCUT2D eigenvalue weighted by Crippen LogP contribution is 2.21. The van der Waals surface area contributed by atoms with Crippen molar-refractivity contribution in [3.8, 4) is 0 Å². The Morgan fingerprint density at radius 2 is 1.85 bits per heavy atom. The highest BCUT2D eigenvalue weighted by molar-refractivity contribution is 5.33. The number of anilines is 2. The quantitative estimate of drug-likeness (QED) is 0.875. The average molecular weight is 355 g/mol. The molecule has 2 aromatic rings. The summed E-state index contributed by atoms with van der Waals surface area (Å²) in [7, 11) is 3.82. The first-order chi connectivity index (χ1) is 12.4. The Kier molecular flexibility index (Phi) is 5.68. The van der Waals surface area contributed by atoms with E-state index in [0.29, 0.717) is 5.95 Å². The summed E-state index contributed by atoms with van der Waals surface area (Å²) in [5.41, 5.74) is 8.57. The van der Waals surface area contributed by atoms with Crippen molar-refractivity contribution in [1.82, 2.24) is 24.8 Å². The normalized spacial score (nSPS) is 17.2. The van der Waals surface area contributed by atoms with Gasteiger partial charge in [0.25, 0.3) is 0 Å². The maximum Gasteiger partial charge on any atom is 0.229 e. The lowest BCUT2D eigenvalue weighted by Crippen LogP contribution is -2.47. The molecule has 0 aliphatic carbocycles. The van der Waals surface area contributed by atoms with Crippen LogP contribution in [-0.4, -0.2) is 65.0 Å². The van der Waals surface area contributed by atoms with E-state index < -0.39 is 0 Å². The summed E-state index contributed by atoms with van der Waals surface area (Å²) >= 11 is 0. The maximum absolute atomic E-state index is 5.87. The van der Waals surface area contributed by atoms with Crippen molar-refractivity contribution in [3.63, 3.8) is 0 Å².